The van der Waals surface area contributed by atoms with Crippen molar-refractivity contribution >= 4 is 38.7 Å². The summed E-state index contributed by atoms with van der Waals surface area (Å²) in [5.41, 5.74) is 2.39. The van der Waals surface area contributed by atoms with Gasteiger partial charge in [0.05, 0.1) is 16.3 Å². The maximum atomic E-state index is 13.3. The van der Waals surface area contributed by atoms with Gasteiger partial charge in [-0.25, -0.2) is 13.1 Å². The summed E-state index contributed by atoms with van der Waals surface area (Å²) < 4.78 is 29.8. The van der Waals surface area contributed by atoms with Crippen molar-refractivity contribution in [2.24, 2.45) is 5.92 Å². The van der Waals surface area contributed by atoms with Crippen molar-refractivity contribution in [3.63, 3.8) is 0 Å². The maximum absolute atomic E-state index is 13.3. The number of amides is 1. The summed E-state index contributed by atoms with van der Waals surface area (Å²) in [5.74, 6) is -0.477. The van der Waals surface area contributed by atoms with Gasteiger partial charge < -0.3 is 5.32 Å². The van der Waals surface area contributed by atoms with Crippen LogP contribution < -0.4 is 5.32 Å². The van der Waals surface area contributed by atoms with E-state index in [9.17, 15) is 13.2 Å². The van der Waals surface area contributed by atoms with E-state index in [1.807, 2.05) is 30.5 Å². The monoisotopic (exact) mass is 487 g/mol. The number of fused-ring (bicyclic) bond motifs is 1. The molecule has 0 saturated carbocycles. The number of carbonyl (C=O) groups is 1. The molecule has 10 heteroatoms. The van der Waals surface area contributed by atoms with Gasteiger partial charge in [-0.05, 0) is 61.4 Å². The summed E-state index contributed by atoms with van der Waals surface area (Å²) in [6.45, 7) is 3.80. The van der Waals surface area contributed by atoms with Crippen LogP contribution in [-0.2, 0) is 27.9 Å². The third-order valence-electron chi connectivity index (χ3n) is 5.94. The lowest BCUT2D eigenvalue weighted by atomic mass is 9.99. The molecule has 1 unspecified atom stereocenters. The number of thioether (sulfide) groups is 1. The molecule has 1 aromatic heterocycles. The number of aromatic nitrogens is 3. The van der Waals surface area contributed by atoms with Gasteiger partial charge >= 0.3 is 0 Å². The second-order valence-electron chi connectivity index (χ2n) is 8.23. The van der Waals surface area contributed by atoms with E-state index in [1.165, 1.54) is 9.20 Å². The standard InChI is InChI=1S/C23H29N5O3S2/c1-3-12-28-22-11-10-20(14-21(22)25-26-28)33(30,31)27-13-4-5-18(16-27)23(29)24-15-17-6-8-19(32-2)9-7-17/h6-11,14,18H,3-5,12-13,15-16H2,1-2H3,(H,24,29). The van der Waals surface area contributed by atoms with E-state index < -0.39 is 10.0 Å². The first-order valence-electron chi connectivity index (χ1n) is 11.2. The fraction of sp³-hybridized carbons (Fsp3) is 0.435. The van der Waals surface area contributed by atoms with E-state index >= 15 is 0 Å². The number of benzene rings is 2. The molecule has 33 heavy (non-hydrogen) atoms. The molecule has 176 valence electrons. The van der Waals surface area contributed by atoms with Crippen LogP contribution in [-0.4, -0.2) is 53.0 Å². The van der Waals surface area contributed by atoms with Gasteiger partial charge in [-0.3, -0.25) is 4.79 Å². The zero-order chi connectivity index (χ0) is 23.4. The number of hydrogen-bond donors (Lipinski definition) is 1. The second-order valence-corrected chi connectivity index (χ2v) is 11.0. The highest BCUT2D eigenvalue weighted by Gasteiger charge is 2.33. The third-order valence-corrected chi connectivity index (χ3v) is 8.54. The predicted molar refractivity (Wildman–Crippen MR) is 129 cm³/mol. The Kier molecular flexibility index (Phi) is 7.35. The van der Waals surface area contributed by atoms with Crippen LogP contribution in [0.25, 0.3) is 11.0 Å². The Morgan fingerprint density at radius 1 is 1.21 bits per heavy atom. The van der Waals surface area contributed by atoms with E-state index in [1.54, 1.807) is 34.6 Å². The van der Waals surface area contributed by atoms with Gasteiger partial charge in [-0.15, -0.1) is 16.9 Å². The Balaban J connectivity index is 1.43. The summed E-state index contributed by atoms with van der Waals surface area (Å²) in [7, 11) is -3.72. The lowest BCUT2D eigenvalue weighted by Gasteiger charge is -2.31. The lowest BCUT2D eigenvalue weighted by molar-refractivity contribution is -0.126. The van der Waals surface area contributed by atoms with Crippen molar-refractivity contribution in [1.29, 1.82) is 0 Å². The van der Waals surface area contributed by atoms with Gasteiger partial charge in [0.15, 0.2) is 0 Å². The lowest BCUT2D eigenvalue weighted by Crippen LogP contribution is -2.45. The van der Waals surface area contributed by atoms with Gasteiger partial charge in [0, 0.05) is 31.1 Å². The van der Waals surface area contributed by atoms with E-state index in [4.69, 9.17) is 0 Å². The smallest absolute Gasteiger partial charge is 0.243 e. The zero-order valence-corrected chi connectivity index (χ0v) is 20.5. The van der Waals surface area contributed by atoms with Crippen LogP contribution >= 0.6 is 11.8 Å². The minimum atomic E-state index is -3.72. The van der Waals surface area contributed by atoms with Crippen molar-refractivity contribution in [2.45, 2.75) is 49.1 Å². The minimum Gasteiger partial charge on any atom is -0.352 e. The molecule has 0 radical (unpaired) electrons. The molecular weight excluding hydrogens is 458 g/mol. The van der Waals surface area contributed by atoms with Crippen LogP contribution in [0.3, 0.4) is 0 Å². The van der Waals surface area contributed by atoms with Crippen molar-refractivity contribution in [3.05, 3.63) is 48.0 Å². The maximum Gasteiger partial charge on any atom is 0.243 e. The van der Waals surface area contributed by atoms with E-state index in [-0.39, 0.29) is 23.3 Å². The number of nitrogens with one attached hydrogen (secondary N) is 1. The van der Waals surface area contributed by atoms with Crippen molar-refractivity contribution < 1.29 is 13.2 Å². The minimum absolute atomic E-state index is 0.109. The Labute approximate surface area is 198 Å². The fourth-order valence-electron chi connectivity index (χ4n) is 4.09. The molecule has 3 aromatic rings. The van der Waals surface area contributed by atoms with Crippen LogP contribution in [0.5, 0.6) is 0 Å². The summed E-state index contributed by atoms with van der Waals surface area (Å²) in [5, 5.41) is 11.2. The predicted octanol–water partition coefficient (Wildman–Crippen LogP) is 3.28. The number of aryl methyl sites for hydroxylation is 1. The average molecular weight is 488 g/mol. The Hall–Kier alpha value is -2.43. The quantitative estimate of drug-likeness (QED) is 0.490. The van der Waals surface area contributed by atoms with Gasteiger partial charge in [-0.1, -0.05) is 24.3 Å². The van der Waals surface area contributed by atoms with Crippen LogP contribution in [0.2, 0.25) is 0 Å². The SMILES string of the molecule is CCCn1nnc2cc(S(=O)(=O)N3CCCC(C(=O)NCc4ccc(SC)cc4)C3)ccc21. The Bertz CT molecular complexity index is 1220. The Morgan fingerprint density at radius 3 is 2.73 bits per heavy atom. The van der Waals surface area contributed by atoms with Crippen LogP contribution in [0.4, 0.5) is 0 Å². The molecule has 0 spiro atoms. The molecule has 1 amide bonds. The van der Waals surface area contributed by atoms with Crippen LogP contribution in [0.15, 0.2) is 52.3 Å². The first kappa shape index (κ1) is 23.7. The summed E-state index contributed by atoms with van der Waals surface area (Å²) >= 11 is 1.67. The van der Waals surface area contributed by atoms with E-state index in [2.05, 4.69) is 22.6 Å². The number of carbonyl (C=O) groups excluding carboxylic acids is 1. The van der Waals surface area contributed by atoms with Gasteiger partial charge in [0.1, 0.15) is 5.52 Å². The molecule has 1 aliphatic rings. The average Bonchev–Trinajstić information content (AvgIpc) is 3.25. The molecule has 1 fully saturated rings. The van der Waals surface area contributed by atoms with E-state index in [0.717, 1.165) is 24.0 Å². The van der Waals surface area contributed by atoms with E-state index in [0.29, 0.717) is 31.4 Å². The molecule has 1 N–H and O–H groups in total. The van der Waals surface area contributed by atoms with Gasteiger partial charge in [0.25, 0.3) is 0 Å². The summed E-state index contributed by atoms with van der Waals surface area (Å²) in [6.07, 6.45) is 4.26. The molecule has 1 atom stereocenters. The normalized spacial score (nSPS) is 17.3. The summed E-state index contributed by atoms with van der Waals surface area (Å²) in [4.78, 5) is 14.1. The molecule has 0 aliphatic carbocycles. The molecular formula is C23H29N5O3S2. The number of piperidine rings is 1. The molecule has 1 saturated heterocycles. The van der Waals surface area contributed by atoms with Gasteiger partial charge in [0.2, 0.25) is 15.9 Å². The third kappa shape index (κ3) is 5.23. The molecule has 2 heterocycles. The molecule has 8 nitrogen and oxygen atoms in total. The largest absolute Gasteiger partial charge is 0.352 e. The van der Waals surface area contributed by atoms with Crippen molar-refractivity contribution in [2.75, 3.05) is 19.3 Å². The van der Waals surface area contributed by atoms with Crippen molar-refractivity contribution in [3.8, 4) is 0 Å². The highest BCUT2D eigenvalue weighted by molar-refractivity contribution is 7.98. The number of rotatable bonds is 8. The first-order chi connectivity index (χ1) is 15.9. The summed E-state index contributed by atoms with van der Waals surface area (Å²) in [6, 6.07) is 13.0. The molecule has 4 rings (SSSR count). The fourth-order valence-corrected chi connectivity index (χ4v) is 6.04. The number of hydrogen-bond acceptors (Lipinski definition) is 6. The van der Waals surface area contributed by atoms with Crippen molar-refractivity contribution in [1.82, 2.24) is 24.6 Å². The Morgan fingerprint density at radius 2 is 2.00 bits per heavy atom. The topological polar surface area (TPSA) is 97.2 Å². The first-order valence-corrected chi connectivity index (χ1v) is 13.8. The number of nitrogens with zero attached hydrogens (tertiary/aromatic N) is 4. The second kappa shape index (κ2) is 10.2. The molecule has 1 aliphatic heterocycles. The molecule has 0 bridgehead atoms. The van der Waals surface area contributed by atoms with Crippen LogP contribution in [0.1, 0.15) is 31.7 Å². The highest BCUT2D eigenvalue weighted by Crippen LogP contribution is 2.26. The highest BCUT2D eigenvalue weighted by atomic mass is 32.2. The zero-order valence-electron chi connectivity index (χ0n) is 18.9. The van der Waals surface area contributed by atoms with Gasteiger partial charge in [-0.2, -0.15) is 4.31 Å². The van der Waals surface area contributed by atoms with Crippen LogP contribution in [0, 0.1) is 5.92 Å². The molecule has 2 aromatic carbocycles. The number of sulfonamides is 1.